The normalized spacial score (nSPS) is 15.8. The van der Waals surface area contributed by atoms with Crippen LogP contribution >= 0.6 is 11.3 Å². The zero-order valence-electron chi connectivity index (χ0n) is 16.1. The number of fused-ring (bicyclic) bond motifs is 2. The van der Waals surface area contributed by atoms with Gasteiger partial charge in [0.25, 0.3) is 0 Å². The van der Waals surface area contributed by atoms with Gasteiger partial charge in [-0.1, -0.05) is 0 Å². The number of benzene rings is 2. The molecule has 9 heteroatoms. The minimum absolute atomic E-state index is 0. The molecule has 150 valence electrons. The summed E-state index contributed by atoms with van der Waals surface area (Å²) >= 11 is 1.70. The van der Waals surface area contributed by atoms with Gasteiger partial charge in [-0.25, -0.2) is 18.0 Å². The van der Waals surface area contributed by atoms with Crippen molar-refractivity contribution in [2.75, 3.05) is 38.2 Å². The number of nitrogens with zero attached hydrogens (tertiary/aromatic N) is 3. The Labute approximate surface area is 186 Å². The topological polar surface area (TPSA) is 79.3 Å². The molecule has 1 aromatic carbocycles. The van der Waals surface area contributed by atoms with E-state index in [-0.39, 0.29) is 24.0 Å². The first kappa shape index (κ1) is 21.4. The Morgan fingerprint density at radius 1 is 1.11 bits per heavy atom. The zero-order valence-corrected chi connectivity index (χ0v) is 19.9. The lowest BCUT2D eigenvalue weighted by Gasteiger charge is -2.23. The Kier molecular flexibility index (Phi) is 6.00. The molecule has 1 aromatic rings. The monoisotopic (exact) mass is 530 g/mol. The second-order valence-corrected chi connectivity index (χ2v) is 10.2. The molecule has 0 aromatic heterocycles. The van der Waals surface area contributed by atoms with E-state index < -0.39 is 10.0 Å². The summed E-state index contributed by atoms with van der Waals surface area (Å²) in [5, 5.41) is 1.12. The quantitative estimate of drug-likeness (QED) is 0.183. The third kappa shape index (κ3) is 4.03. The third-order valence-electron chi connectivity index (χ3n) is 5.05. The van der Waals surface area contributed by atoms with Gasteiger partial charge < -0.3 is 29.7 Å². The van der Waals surface area contributed by atoms with Crippen LogP contribution in [0.2, 0.25) is 0 Å². The van der Waals surface area contributed by atoms with E-state index in [1.807, 2.05) is 19.1 Å². The van der Waals surface area contributed by atoms with Gasteiger partial charge in [0.2, 0.25) is 15.4 Å². The Morgan fingerprint density at radius 3 is 2.43 bits per heavy atom. The Balaban J connectivity index is 0.00000225. The largest absolute Gasteiger partial charge is 1.00 e. The average molecular weight is 530 g/mol. The number of nitrogens with two attached hydrogens (primary N) is 1. The second-order valence-electron chi connectivity index (χ2n) is 7.16. The highest BCUT2D eigenvalue weighted by atomic mass is 127. The van der Waals surface area contributed by atoms with E-state index in [1.54, 1.807) is 15.6 Å². The van der Waals surface area contributed by atoms with Gasteiger partial charge in [-0.05, 0) is 37.1 Å². The van der Waals surface area contributed by atoms with E-state index >= 15 is 0 Å². The van der Waals surface area contributed by atoms with E-state index in [4.69, 9.17) is 10.7 Å². The highest BCUT2D eigenvalue weighted by molar-refractivity contribution is 7.88. The smallest absolute Gasteiger partial charge is 0.211 e. The minimum Gasteiger partial charge on any atom is -1.00 e. The van der Waals surface area contributed by atoms with Crippen molar-refractivity contribution < 1.29 is 32.4 Å². The number of rotatable bonds is 1. The number of aryl methyl sites for hydroxylation is 2. The molecular weight excluding hydrogens is 507 g/mol. The molecular formula is C19H23IN4O2S2. The van der Waals surface area contributed by atoms with Crippen molar-refractivity contribution in [1.29, 1.82) is 0 Å². The molecule has 0 spiro atoms. The Bertz CT molecular complexity index is 1190. The predicted octanol–water partition coefficient (Wildman–Crippen LogP) is -1.35. The van der Waals surface area contributed by atoms with Crippen molar-refractivity contribution in [2.45, 2.75) is 13.8 Å². The molecule has 4 rings (SSSR count). The van der Waals surface area contributed by atoms with Gasteiger partial charge in [0.1, 0.15) is 0 Å². The predicted molar refractivity (Wildman–Crippen MR) is 112 cm³/mol. The van der Waals surface area contributed by atoms with E-state index in [0.717, 1.165) is 43.0 Å². The van der Waals surface area contributed by atoms with Crippen LogP contribution < -0.4 is 39.6 Å². The number of hydrogen-bond acceptors (Lipinski definition) is 5. The fourth-order valence-electron chi connectivity index (χ4n) is 3.64. The summed E-state index contributed by atoms with van der Waals surface area (Å²) in [4.78, 5) is 6.02. The van der Waals surface area contributed by atoms with Crippen LogP contribution in [0.3, 0.4) is 0 Å². The van der Waals surface area contributed by atoms with Crippen LogP contribution in [0.5, 0.6) is 0 Å². The summed E-state index contributed by atoms with van der Waals surface area (Å²) in [5.41, 5.74) is 11.0. The summed E-state index contributed by atoms with van der Waals surface area (Å²) in [7, 11) is -3.12. The van der Waals surface area contributed by atoms with Gasteiger partial charge in [-0.2, -0.15) is 4.31 Å². The lowest BCUT2D eigenvalue weighted by Crippen LogP contribution is -3.00. The molecule has 0 bridgehead atoms. The fourth-order valence-corrected chi connectivity index (χ4v) is 5.68. The SMILES string of the molecule is Cc1cc(=[N+]2CCN(S(C)(=O)=O)CC2)cc2sc3cc(N)cc(C)c3nc1-2.[I-]. The molecule has 28 heavy (non-hydrogen) atoms. The first-order chi connectivity index (χ1) is 12.7. The molecule has 0 atom stereocenters. The highest BCUT2D eigenvalue weighted by Crippen LogP contribution is 2.33. The number of hydrogen-bond donors (Lipinski definition) is 1. The number of piperazine rings is 1. The maximum absolute atomic E-state index is 11.7. The number of anilines is 1. The zero-order chi connectivity index (χ0) is 19.3. The van der Waals surface area contributed by atoms with Gasteiger partial charge in [0, 0.05) is 17.8 Å². The van der Waals surface area contributed by atoms with Gasteiger partial charge in [-0.15, -0.1) is 11.3 Å². The summed E-state index contributed by atoms with van der Waals surface area (Å²) in [5.74, 6) is 0. The van der Waals surface area contributed by atoms with Crippen molar-refractivity contribution in [2.24, 2.45) is 0 Å². The van der Waals surface area contributed by atoms with Crippen LogP contribution in [0, 0.1) is 13.8 Å². The van der Waals surface area contributed by atoms with Crippen molar-refractivity contribution in [3.8, 4) is 10.6 Å². The summed E-state index contributed by atoms with van der Waals surface area (Å²) in [6.07, 6.45) is 1.27. The molecule has 2 N–H and O–H groups in total. The molecule has 1 aliphatic carbocycles. The van der Waals surface area contributed by atoms with Crippen molar-refractivity contribution in [3.05, 3.63) is 40.7 Å². The molecule has 2 heterocycles. The molecule has 1 fully saturated rings. The molecule has 6 nitrogen and oxygen atoms in total. The van der Waals surface area contributed by atoms with Crippen LogP contribution in [0.25, 0.3) is 20.8 Å². The average Bonchev–Trinajstić information content (AvgIpc) is 2.59. The van der Waals surface area contributed by atoms with Crippen LogP contribution in [0.1, 0.15) is 11.1 Å². The molecule has 3 aliphatic rings. The number of nitrogen functional groups attached to an aromatic ring is 1. The molecule has 0 radical (unpaired) electrons. The number of halogens is 1. The van der Waals surface area contributed by atoms with Crippen LogP contribution in [0.4, 0.5) is 5.69 Å². The van der Waals surface area contributed by atoms with Crippen LogP contribution in [-0.2, 0) is 10.0 Å². The summed E-state index contributed by atoms with van der Waals surface area (Å²) < 4.78 is 28.3. The van der Waals surface area contributed by atoms with E-state index in [1.165, 1.54) is 6.26 Å². The van der Waals surface area contributed by atoms with Crippen molar-refractivity contribution in [3.63, 3.8) is 0 Å². The van der Waals surface area contributed by atoms with Gasteiger partial charge >= 0.3 is 0 Å². The maximum Gasteiger partial charge on any atom is 0.211 e. The second kappa shape index (κ2) is 7.85. The minimum atomic E-state index is -3.12. The first-order valence-corrected chi connectivity index (χ1v) is 11.5. The van der Waals surface area contributed by atoms with Gasteiger partial charge in [0.05, 0.1) is 40.1 Å². The van der Waals surface area contributed by atoms with Crippen LogP contribution in [-0.4, -0.2) is 50.1 Å². The van der Waals surface area contributed by atoms with Crippen molar-refractivity contribution in [1.82, 2.24) is 13.9 Å². The molecule has 1 saturated heterocycles. The maximum atomic E-state index is 11.7. The van der Waals surface area contributed by atoms with Gasteiger partial charge in [-0.3, -0.25) is 0 Å². The highest BCUT2D eigenvalue weighted by Gasteiger charge is 2.26. The first-order valence-electron chi connectivity index (χ1n) is 8.87. The number of sulfonamides is 1. The summed E-state index contributed by atoms with van der Waals surface area (Å²) in [6, 6.07) is 8.25. The molecule has 0 unspecified atom stereocenters. The lowest BCUT2D eigenvalue weighted by molar-refractivity contribution is -0.00000822. The van der Waals surface area contributed by atoms with E-state index in [9.17, 15) is 8.42 Å². The van der Waals surface area contributed by atoms with E-state index in [2.05, 4.69) is 23.6 Å². The molecule has 0 amide bonds. The standard InChI is InChI=1S/C19H22N4O2S2.HI/c1-12-8-14(20)10-16-18(12)21-19-13(2)9-15(11-17(19)26-16)22-4-6-23(7-5-22)27(3,24)25;/h8-11,20H,4-7H2,1-3H3;1H. The van der Waals surface area contributed by atoms with Crippen LogP contribution in [0.15, 0.2) is 24.3 Å². The fraction of sp³-hybridized carbons (Fsp3) is 0.368. The lowest BCUT2D eigenvalue weighted by atomic mass is 10.1. The van der Waals surface area contributed by atoms with Gasteiger partial charge in [0.15, 0.2) is 13.1 Å². The molecule has 2 aliphatic heterocycles. The number of aromatic nitrogens is 1. The molecule has 0 saturated carbocycles. The Morgan fingerprint density at radius 2 is 1.79 bits per heavy atom. The Hall–Kier alpha value is -1.30. The van der Waals surface area contributed by atoms with Crippen molar-refractivity contribution >= 4 is 37.3 Å². The summed E-state index contributed by atoms with van der Waals surface area (Å²) in [6.45, 7) is 6.54. The third-order valence-corrected chi connectivity index (χ3v) is 7.42. The van der Waals surface area contributed by atoms with E-state index in [0.29, 0.717) is 26.2 Å².